The highest BCUT2D eigenvalue weighted by Crippen LogP contribution is 2.37. The number of methoxy groups -OCH3 is 3. The molecule has 0 amide bonds. The standard InChI is InChI=1S/C19H21N3O5/c1-11-16(24-3)7-6-13(17(11)25-4)18-21-14(12(2)27-18)8-22-9-15(20-10-22)19(23)26-5/h6-7,9-10H,8H2,1-5H3. The van der Waals surface area contributed by atoms with Gasteiger partial charge in [0.1, 0.15) is 23.0 Å². The van der Waals surface area contributed by atoms with Crippen LogP contribution in [0.1, 0.15) is 27.5 Å². The van der Waals surface area contributed by atoms with Crippen LogP contribution in [0, 0.1) is 13.8 Å². The van der Waals surface area contributed by atoms with E-state index in [4.69, 9.17) is 13.9 Å². The van der Waals surface area contributed by atoms with E-state index in [0.29, 0.717) is 23.9 Å². The number of benzene rings is 1. The number of oxazole rings is 1. The molecule has 27 heavy (non-hydrogen) atoms. The molecule has 0 aliphatic rings. The summed E-state index contributed by atoms with van der Waals surface area (Å²) in [5.74, 6) is 2.03. The van der Waals surface area contributed by atoms with Crippen LogP contribution in [0.2, 0.25) is 0 Å². The Labute approximate surface area is 156 Å². The van der Waals surface area contributed by atoms with Crippen LogP contribution in [0.25, 0.3) is 11.5 Å². The third-order valence-corrected chi connectivity index (χ3v) is 4.26. The van der Waals surface area contributed by atoms with Crippen molar-refractivity contribution in [3.8, 4) is 23.0 Å². The van der Waals surface area contributed by atoms with Gasteiger partial charge in [-0.05, 0) is 26.0 Å². The molecule has 3 aromatic rings. The molecule has 0 radical (unpaired) electrons. The van der Waals surface area contributed by atoms with E-state index in [1.807, 2.05) is 26.0 Å². The molecule has 0 atom stereocenters. The number of ether oxygens (including phenoxy) is 3. The van der Waals surface area contributed by atoms with Crippen molar-refractivity contribution in [3.05, 3.63) is 47.4 Å². The molecule has 0 saturated carbocycles. The summed E-state index contributed by atoms with van der Waals surface area (Å²) in [4.78, 5) is 20.2. The molecular weight excluding hydrogens is 350 g/mol. The quantitative estimate of drug-likeness (QED) is 0.615. The minimum atomic E-state index is -0.482. The fourth-order valence-electron chi connectivity index (χ4n) is 2.85. The van der Waals surface area contributed by atoms with Crippen LogP contribution in [0.3, 0.4) is 0 Å². The number of aromatic nitrogens is 3. The Bertz CT molecular complexity index is 974. The van der Waals surface area contributed by atoms with E-state index >= 15 is 0 Å². The van der Waals surface area contributed by atoms with Gasteiger partial charge in [0, 0.05) is 11.8 Å². The molecule has 0 spiro atoms. The Balaban J connectivity index is 1.92. The molecule has 8 heteroatoms. The lowest BCUT2D eigenvalue weighted by atomic mass is 10.1. The Morgan fingerprint density at radius 2 is 1.96 bits per heavy atom. The van der Waals surface area contributed by atoms with Gasteiger partial charge in [0.2, 0.25) is 5.89 Å². The molecule has 0 fully saturated rings. The molecule has 0 saturated heterocycles. The second-order valence-corrected chi connectivity index (χ2v) is 5.92. The maximum atomic E-state index is 11.5. The van der Waals surface area contributed by atoms with Crippen molar-refractivity contribution in [2.24, 2.45) is 0 Å². The van der Waals surface area contributed by atoms with E-state index in [2.05, 4.69) is 14.7 Å². The number of rotatable bonds is 6. The van der Waals surface area contributed by atoms with Crippen LogP contribution >= 0.6 is 0 Å². The molecule has 3 rings (SSSR count). The topological polar surface area (TPSA) is 88.6 Å². The van der Waals surface area contributed by atoms with Crippen LogP contribution in [0.15, 0.2) is 29.1 Å². The fourth-order valence-corrected chi connectivity index (χ4v) is 2.85. The fraction of sp³-hybridized carbons (Fsp3) is 0.316. The number of aryl methyl sites for hydroxylation is 1. The summed E-state index contributed by atoms with van der Waals surface area (Å²) in [5, 5.41) is 0. The second kappa shape index (κ2) is 7.53. The monoisotopic (exact) mass is 371 g/mol. The van der Waals surface area contributed by atoms with E-state index in [9.17, 15) is 4.79 Å². The summed E-state index contributed by atoms with van der Waals surface area (Å²) in [6.45, 7) is 4.17. The predicted octanol–water partition coefficient (Wildman–Crippen LogP) is 3.01. The molecule has 0 bridgehead atoms. The minimum absolute atomic E-state index is 0.242. The Morgan fingerprint density at radius 3 is 2.63 bits per heavy atom. The number of imidazole rings is 1. The third kappa shape index (κ3) is 3.51. The molecule has 0 aliphatic carbocycles. The first kappa shape index (κ1) is 18.5. The lowest BCUT2D eigenvalue weighted by Gasteiger charge is -2.12. The van der Waals surface area contributed by atoms with Gasteiger partial charge in [0.25, 0.3) is 0 Å². The molecule has 0 unspecified atom stereocenters. The van der Waals surface area contributed by atoms with Crippen LogP contribution in [0.4, 0.5) is 0 Å². The summed E-state index contributed by atoms with van der Waals surface area (Å²) >= 11 is 0. The summed E-state index contributed by atoms with van der Waals surface area (Å²) in [7, 11) is 4.53. The predicted molar refractivity (Wildman–Crippen MR) is 97.2 cm³/mol. The van der Waals surface area contributed by atoms with Gasteiger partial charge in [-0.1, -0.05) is 0 Å². The number of carbonyl (C=O) groups is 1. The van der Waals surface area contributed by atoms with E-state index in [1.165, 1.54) is 7.11 Å². The maximum Gasteiger partial charge on any atom is 0.358 e. The Hall–Kier alpha value is -3.29. The lowest BCUT2D eigenvalue weighted by molar-refractivity contribution is 0.0594. The minimum Gasteiger partial charge on any atom is -0.496 e. The zero-order valence-electron chi connectivity index (χ0n) is 15.9. The van der Waals surface area contributed by atoms with Crippen molar-refractivity contribution in [3.63, 3.8) is 0 Å². The van der Waals surface area contributed by atoms with Gasteiger partial charge in [-0.2, -0.15) is 0 Å². The first-order valence-electron chi connectivity index (χ1n) is 8.26. The second-order valence-electron chi connectivity index (χ2n) is 5.92. The van der Waals surface area contributed by atoms with Crippen molar-refractivity contribution >= 4 is 5.97 Å². The van der Waals surface area contributed by atoms with Crippen molar-refractivity contribution < 1.29 is 23.4 Å². The lowest BCUT2D eigenvalue weighted by Crippen LogP contribution is -2.02. The number of esters is 1. The Kier molecular flexibility index (Phi) is 5.16. The number of carbonyl (C=O) groups excluding carboxylic acids is 1. The van der Waals surface area contributed by atoms with Crippen LogP contribution in [0.5, 0.6) is 11.5 Å². The van der Waals surface area contributed by atoms with E-state index in [1.54, 1.807) is 31.3 Å². The van der Waals surface area contributed by atoms with Gasteiger partial charge in [-0.3, -0.25) is 0 Å². The van der Waals surface area contributed by atoms with E-state index in [-0.39, 0.29) is 5.69 Å². The van der Waals surface area contributed by atoms with Crippen molar-refractivity contribution in [2.75, 3.05) is 21.3 Å². The largest absolute Gasteiger partial charge is 0.496 e. The number of hydrogen-bond donors (Lipinski definition) is 0. The van der Waals surface area contributed by atoms with Gasteiger partial charge < -0.3 is 23.2 Å². The van der Waals surface area contributed by atoms with Crippen molar-refractivity contribution in [1.29, 1.82) is 0 Å². The highest BCUT2D eigenvalue weighted by molar-refractivity contribution is 5.86. The maximum absolute atomic E-state index is 11.5. The average Bonchev–Trinajstić information content (AvgIpc) is 3.28. The molecule has 1 aromatic carbocycles. The molecule has 8 nitrogen and oxygen atoms in total. The molecular formula is C19H21N3O5. The molecule has 2 aromatic heterocycles. The van der Waals surface area contributed by atoms with Crippen LogP contribution in [-0.2, 0) is 11.3 Å². The number of nitrogens with zero attached hydrogens (tertiary/aromatic N) is 3. The highest BCUT2D eigenvalue weighted by atomic mass is 16.5. The summed E-state index contributed by atoms with van der Waals surface area (Å²) in [6, 6.07) is 3.71. The van der Waals surface area contributed by atoms with Crippen LogP contribution in [-0.4, -0.2) is 41.8 Å². The summed E-state index contributed by atoms with van der Waals surface area (Å²) in [6.07, 6.45) is 3.16. The SMILES string of the molecule is COC(=O)c1cn(Cc2nc(-c3ccc(OC)c(C)c3OC)oc2C)cn1. The first-order valence-corrected chi connectivity index (χ1v) is 8.26. The third-order valence-electron chi connectivity index (χ3n) is 4.26. The van der Waals surface area contributed by atoms with E-state index < -0.39 is 5.97 Å². The first-order chi connectivity index (χ1) is 13.0. The normalized spacial score (nSPS) is 10.7. The molecule has 0 aliphatic heterocycles. The van der Waals surface area contributed by atoms with Gasteiger partial charge in [-0.15, -0.1) is 0 Å². The number of hydrogen-bond acceptors (Lipinski definition) is 7. The Morgan fingerprint density at radius 1 is 1.19 bits per heavy atom. The molecule has 0 N–H and O–H groups in total. The van der Waals surface area contributed by atoms with Gasteiger partial charge in [0.15, 0.2) is 5.69 Å². The zero-order valence-corrected chi connectivity index (χ0v) is 15.9. The van der Waals surface area contributed by atoms with Gasteiger partial charge >= 0.3 is 5.97 Å². The molecule has 142 valence electrons. The highest BCUT2D eigenvalue weighted by Gasteiger charge is 2.19. The van der Waals surface area contributed by atoms with Gasteiger partial charge in [0.05, 0.1) is 39.8 Å². The van der Waals surface area contributed by atoms with Gasteiger partial charge in [-0.25, -0.2) is 14.8 Å². The van der Waals surface area contributed by atoms with Crippen LogP contribution < -0.4 is 9.47 Å². The van der Waals surface area contributed by atoms with E-state index in [0.717, 1.165) is 22.6 Å². The average molecular weight is 371 g/mol. The summed E-state index contributed by atoms with van der Waals surface area (Å²) in [5.41, 5.74) is 2.58. The van der Waals surface area contributed by atoms with Crippen molar-refractivity contribution in [1.82, 2.24) is 14.5 Å². The van der Waals surface area contributed by atoms with Crippen molar-refractivity contribution in [2.45, 2.75) is 20.4 Å². The zero-order chi connectivity index (χ0) is 19.6. The summed E-state index contributed by atoms with van der Waals surface area (Å²) < 4.78 is 23.2. The smallest absolute Gasteiger partial charge is 0.358 e. The molecule has 2 heterocycles.